The Hall–Kier alpha value is -2.57. The average molecular weight is 481 g/mol. The van der Waals surface area contributed by atoms with Crippen LogP contribution in [0, 0.1) is 5.92 Å². The van der Waals surface area contributed by atoms with Crippen LogP contribution in [-0.4, -0.2) is 8.42 Å². The highest BCUT2D eigenvalue weighted by Crippen LogP contribution is 2.50. The van der Waals surface area contributed by atoms with Crippen LogP contribution in [0.25, 0.3) is 0 Å². The van der Waals surface area contributed by atoms with E-state index >= 15 is 0 Å². The Kier molecular flexibility index (Phi) is 4.91. The van der Waals surface area contributed by atoms with Gasteiger partial charge in [0.2, 0.25) is 0 Å². The molecule has 0 radical (unpaired) electrons. The number of fused-ring (bicyclic) bond motifs is 3. The Bertz CT molecular complexity index is 1220. The first-order valence-corrected chi connectivity index (χ1v) is 12.2. The molecule has 2 aliphatic rings. The second-order valence-corrected chi connectivity index (χ2v) is 10.3. The highest BCUT2D eigenvalue weighted by Gasteiger charge is 2.38. The van der Waals surface area contributed by atoms with Gasteiger partial charge in [-0.15, -0.1) is 0 Å². The van der Waals surface area contributed by atoms with E-state index < -0.39 is 10.0 Å². The van der Waals surface area contributed by atoms with E-state index in [1.165, 1.54) is 5.56 Å². The number of sulfonamides is 1. The van der Waals surface area contributed by atoms with Gasteiger partial charge in [0.25, 0.3) is 10.0 Å². The van der Waals surface area contributed by atoms with Crippen molar-refractivity contribution in [3.63, 3.8) is 0 Å². The van der Waals surface area contributed by atoms with Crippen LogP contribution in [0.1, 0.15) is 29.5 Å². The fourth-order valence-electron chi connectivity index (χ4n) is 4.49. The maximum absolute atomic E-state index is 12.9. The maximum atomic E-state index is 12.9. The summed E-state index contributed by atoms with van der Waals surface area (Å²) in [4.78, 5) is 0.284. The molecule has 5 rings (SSSR count). The molecule has 3 aromatic carbocycles. The van der Waals surface area contributed by atoms with Crippen LogP contribution in [0.4, 0.5) is 11.4 Å². The maximum Gasteiger partial charge on any atom is 0.261 e. The quantitative estimate of drug-likeness (QED) is 0.445. The Labute approximate surface area is 185 Å². The third-order valence-corrected chi connectivity index (χ3v) is 7.75. The third kappa shape index (κ3) is 3.55. The summed E-state index contributed by atoms with van der Waals surface area (Å²) >= 11 is 3.57. The van der Waals surface area contributed by atoms with Crippen molar-refractivity contribution < 1.29 is 8.42 Å². The van der Waals surface area contributed by atoms with E-state index in [2.05, 4.69) is 56.3 Å². The molecule has 4 nitrogen and oxygen atoms in total. The first-order valence-electron chi connectivity index (χ1n) is 9.92. The van der Waals surface area contributed by atoms with Crippen LogP contribution in [0.2, 0.25) is 0 Å². The van der Waals surface area contributed by atoms with Crippen molar-refractivity contribution in [1.29, 1.82) is 0 Å². The van der Waals surface area contributed by atoms with Crippen molar-refractivity contribution >= 4 is 37.3 Å². The molecule has 0 fully saturated rings. The molecule has 3 aromatic rings. The lowest BCUT2D eigenvalue weighted by molar-refractivity contribution is 0.425. The molecule has 0 spiro atoms. The summed E-state index contributed by atoms with van der Waals surface area (Å²) in [6, 6.07) is 22.9. The highest BCUT2D eigenvalue weighted by molar-refractivity contribution is 9.10. The topological polar surface area (TPSA) is 58.2 Å². The Morgan fingerprint density at radius 2 is 1.80 bits per heavy atom. The second-order valence-electron chi connectivity index (χ2n) is 7.75. The van der Waals surface area contributed by atoms with E-state index in [1.807, 2.05) is 36.4 Å². The molecule has 2 N–H and O–H groups in total. The van der Waals surface area contributed by atoms with Gasteiger partial charge in [-0.25, -0.2) is 8.42 Å². The van der Waals surface area contributed by atoms with Crippen LogP contribution in [-0.2, 0) is 10.0 Å². The van der Waals surface area contributed by atoms with Crippen molar-refractivity contribution in [3.8, 4) is 0 Å². The van der Waals surface area contributed by atoms with Gasteiger partial charge in [-0.1, -0.05) is 58.4 Å². The van der Waals surface area contributed by atoms with Crippen LogP contribution in [0.5, 0.6) is 0 Å². The highest BCUT2D eigenvalue weighted by atomic mass is 79.9. The lowest BCUT2D eigenvalue weighted by atomic mass is 9.77. The van der Waals surface area contributed by atoms with Crippen molar-refractivity contribution in [2.45, 2.75) is 23.3 Å². The number of para-hydroxylation sites is 1. The van der Waals surface area contributed by atoms with Gasteiger partial charge >= 0.3 is 0 Å². The number of hydrogen-bond donors (Lipinski definition) is 2. The molecule has 6 heteroatoms. The number of nitrogens with one attached hydrogen (secondary N) is 2. The van der Waals surface area contributed by atoms with Crippen LogP contribution in [0.15, 0.2) is 94.3 Å². The molecule has 3 atom stereocenters. The lowest BCUT2D eigenvalue weighted by Crippen LogP contribution is -2.29. The summed E-state index contributed by atoms with van der Waals surface area (Å²) in [7, 11) is -3.65. The molecule has 0 amide bonds. The van der Waals surface area contributed by atoms with Crippen LogP contribution in [0.3, 0.4) is 0 Å². The zero-order chi connectivity index (χ0) is 20.7. The molecule has 0 unspecified atom stereocenters. The molecular formula is C24H21BrN2O2S. The molecule has 0 bridgehead atoms. The standard InChI is InChI=1S/C24H21BrN2O2S/c25-17-7-4-6-16(14-17)24-21-11-5-10-20(21)22-15-19(12-13-23(22)26-24)30(28,29)27-18-8-2-1-3-9-18/h1-10,12-15,20-21,24,26-27H,11H2/t20-,21+,24+/m0/s1. The zero-order valence-electron chi connectivity index (χ0n) is 16.1. The van der Waals surface area contributed by atoms with Gasteiger partial charge < -0.3 is 5.32 Å². The van der Waals surface area contributed by atoms with Crippen molar-refractivity contribution in [2.75, 3.05) is 10.0 Å². The summed E-state index contributed by atoms with van der Waals surface area (Å²) in [6.45, 7) is 0. The largest absolute Gasteiger partial charge is 0.378 e. The van der Waals surface area contributed by atoms with Gasteiger partial charge in [0.1, 0.15) is 0 Å². The van der Waals surface area contributed by atoms with Gasteiger partial charge in [-0.2, -0.15) is 0 Å². The number of anilines is 2. The number of benzene rings is 3. The monoisotopic (exact) mass is 480 g/mol. The fraction of sp³-hybridized carbons (Fsp3) is 0.167. The fourth-order valence-corrected chi connectivity index (χ4v) is 6.00. The minimum atomic E-state index is -3.65. The van der Waals surface area contributed by atoms with E-state index in [9.17, 15) is 8.42 Å². The molecule has 0 aromatic heterocycles. The third-order valence-electron chi connectivity index (χ3n) is 5.88. The van der Waals surface area contributed by atoms with Crippen molar-refractivity contribution in [1.82, 2.24) is 0 Å². The Morgan fingerprint density at radius 3 is 2.60 bits per heavy atom. The van der Waals surface area contributed by atoms with Crippen molar-refractivity contribution in [2.24, 2.45) is 5.92 Å². The van der Waals surface area contributed by atoms with Crippen molar-refractivity contribution in [3.05, 3.63) is 101 Å². The molecular weight excluding hydrogens is 460 g/mol. The summed E-state index contributed by atoms with van der Waals surface area (Å²) < 4.78 is 29.6. The number of allylic oxidation sites excluding steroid dienone is 2. The SMILES string of the molecule is O=S(=O)(Nc1ccccc1)c1ccc2c(c1)[C@H]1C=CC[C@H]1[C@@H](c1cccc(Br)c1)N2. The number of halogens is 1. The molecule has 0 saturated carbocycles. The lowest BCUT2D eigenvalue weighted by Gasteiger charge is -2.37. The van der Waals surface area contributed by atoms with Gasteiger partial charge in [0.05, 0.1) is 10.9 Å². The molecule has 30 heavy (non-hydrogen) atoms. The summed E-state index contributed by atoms with van der Waals surface area (Å²) in [5.41, 5.74) is 3.82. The summed E-state index contributed by atoms with van der Waals surface area (Å²) in [5.74, 6) is 0.545. The van der Waals surface area contributed by atoms with Gasteiger partial charge in [-0.05, 0) is 65.9 Å². The summed E-state index contributed by atoms with van der Waals surface area (Å²) in [5, 5.41) is 3.66. The predicted molar refractivity (Wildman–Crippen MR) is 124 cm³/mol. The average Bonchev–Trinajstić information content (AvgIpc) is 3.23. The smallest absolute Gasteiger partial charge is 0.261 e. The van der Waals surface area contributed by atoms with Crippen LogP contribution >= 0.6 is 15.9 Å². The van der Waals surface area contributed by atoms with Gasteiger partial charge in [0, 0.05) is 21.8 Å². The Morgan fingerprint density at radius 1 is 0.967 bits per heavy atom. The molecule has 152 valence electrons. The number of rotatable bonds is 4. The predicted octanol–water partition coefficient (Wildman–Crippen LogP) is 6.08. The van der Waals surface area contributed by atoms with E-state index in [0.717, 1.165) is 22.1 Å². The van der Waals surface area contributed by atoms with Gasteiger partial charge in [0.15, 0.2) is 0 Å². The first-order chi connectivity index (χ1) is 14.5. The molecule has 1 aliphatic carbocycles. The van der Waals surface area contributed by atoms with E-state index in [0.29, 0.717) is 11.6 Å². The summed E-state index contributed by atoms with van der Waals surface area (Å²) in [6.07, 6.45) is 5.39. The second kappa shape index (κ2) is 7.60. The molecule has 1 aliphatic heterocycles. The number of hydrogen-bond acceptors (Lipinski definition) is 3. The normalized spacial score (nSPS) is 22.1. The van der Waals surface area contributed by atoms with E-state index in [4.69, 9.17) is 0 Å². The van der Waals surface area contributed by atoms with Gasteiger partial charge in [-0.3, -0.25) is 4.72 Å². The molecule has 1 heterocycles. The zero-order valence-corrected chi connectivity index (χ0v) is 18.5. The first kappa shape index (κ1) is 19.4. The van der Waals surface area contributed by atoms with E-state index in [-0.39, 0.29) is 16.9 Å². The van der Waals surface area contributed by atoms with Crippen LogP contribution < -0.4 is 10.0 Å². The minimum absolute atomic E-state index is 0.180. The Balaban J connectivity index is 1.50. The van der Waals surface area contributed by atoms with E-state index in [1.54, 1.807) is 18.2 Å². The minimum Gasteiger partial charge on any atom is -0.378 e. The molecule has 0 saturated heterocycles.